The van der Waals surface area contributed by atoms with Crippen molar-refractivity contribution in [3.8, 4) is 0 Å². The van der Waals surface area contributed by atoms with Gasteiger partial charge in [0.2, 0.25) is 5.41 Å². The first-order chi connectivity index (χ1) is 30.1. The Labute approximate surface area is 352 Å². The summed E-state index contributed by atoms with van der Waals surface area (Å²) in [4.78, 5) is 104. The van der Waals surface area contributed by atoms with E-state index in [2.05, 4.69) is 0 Å². The molecular weight excluding hydrogens is 904 g/mol. The molecule has 65 heavy (non-hydrogen) atoms. The van der Waals surface area contributed by atoms with E-state index in [4.69, 9.17) is 0 Å². The highest BCUT2D eigenvalue weighted by atomic mass is 19.4. The molecule has 4 aromatic rings. The summed E-state index contributed by atoms with van der Waals surface area (Å²) < 4.78 is 177. The Balaban J connectivity index is 1.23. The van der Waals surface area contributed by atoms with Crippen LogP contribution in [0.4, 0.5) is 75.4 Å². The zero-order chi connectivity index (χ0) is 47.7. The third-order valence-electron chi connectivity index (χ3n) is 10.6. The zero-order valence-electron chi connectivity index (χ0n) is 31.3. The largest absolute Gasteiger partial charge is 0.416 e. The molecule has 0 saturated heterocycles. The number of hydrogen-bond acceptors (Lipinski definition) is 8. The SMILES string of the molecule is O=C1C=CC(=O)N1c1cc(N2C(=O)c3ccc(C(c4ccc5c(c4)C(=O)N(c4cc(N6C(=O)C=CC6=O)cc(C(F)(F)F)c4)C5=O)(C(F)(F)F)C(F)(F)F)cc3C2=O)cc(C(F)(F)F)c1. The fourth-order valence-electron chi connectivity index (χ4n) is 7.74. The van der Waals surface area contributed by atoms with Gasteiger partial charge in [-0.15, -0.1) is 0 Å². The highest BCUT2D eigenvalue weighted by Gasteiger charge is 2.73. The van der Waals surface area contributed by atoms with E-state index in [-0.39, 0.29) is 56.0 Å². The molecule has 0 aromatic heterocycles. The van der Waals surface area contributed by atoms with Crippen LogP contribution in [0, 0.1) is 0 Å². The number of hydrogen-bond donors (Lipinski definition) is 0. The van der Waals surface area contributed by atoms with Gasteiger partial charge in [0.15, 0.2) is 0 Å². The third kappa shape index (κ3) is 6.56. The van der Waals surface area contributed by atoms with Crippen LogP contribution < -0.4 is 19.6 Å². The summed E-state index contributed by atoms with van der Waals surface area (Å²) in [6.45, 7) is 0. The van der Waals surface area contributed by atoms with E-state index in [0.717, 1.165) is 0 Å². The lowest BCUT2D eigenvalue weighted by Crippen LogP contribution is -2.55. The van der Waals surface area contributed by atoms with E-state index in [0.29, 0.717) is 60.7 Å². The minimum atomic E-state index is -6.50. The third-order valence-corrected chi connectivity index (χ3v) is 10.6. The van der Waals surface area contributed by atoms with Crippen molar-refractivity contribution in [1.82, 2.24) is 0 Å². The molecule has 0 spiro atoms. The Morgan fingerprint density at radius 3 is 0.862 bits per heavy atom. The number of halogens is 12. The highest BCUT2D eigenvalue weighted by molar-refractivity contribution is 6.36. The van der Waals surface area contributed by atoms with E-state index in [1.165, 1.54) is 0 Å². The van der Waals surface area contributed by atoms with E-state index >= 15 is 26.3 Å². The molecule has 12 nitrogen and oxygen atoms in total. The van der Waals surface area contributed by atoms with Crippen LogP contribution in [0.15, 0.2) is 97.1 Å². The number of anilines is 4. The molecule has 0 atom stereocenters. The van der Waals surface area contributed by atoms with Gasteiger partial charge < -0.3 is 0 Å². The van der Waals surface area contributed by atoms with Gasteiger partial charge in [-0.25, -0.2) is 19.6 Å². The van der Waals surface area contributed by atoms with Crippen LogP contribution >= 0.6 is 0 Å². The van der Waals surface area contributed by atoms with E-state index in [1.807, 2.05) is 0 Å². The summed E-state index contributed by atoms with van der Waals surface area (Å²) in [6, 6.07) is 3.02. The molecule has 24 heteroatoms. The fourth-order valence-corrected chi connectivity index (χ4v) is 7.74. The molecular formula is C41H16F12N4O8. The number of carbonyl (C=O) groups excluding carboxylic acids is 8. The first kappa shape index (κ1) is 43.7. The molecule has 4 aliphatic heterocycles. The van der Waals surface area contributed by atoms with Gasteiger partial charge in [0.25, 0.3) is 47.3 Å². The molecule has 0 fully saturated rings. The number of imide groups is 4. The van der Waals surface area contributed by atoms with Gasteiger partial charge in [0.05, 0.1) is 56.1 Å². The summed E-state index contributed by atoms with van der Waals surface area (Å²) in [5, 5.41) is 0. The Morgan fingerprint density at radius 2 is 0.585 bits per heavy atom. The number of benzene rings is 4. The normalized spacial score (nSPS) is 16.9. The molecule has 0 aliphatic carbocycles. The zero-order valence-corrected chi connectivity index (χ0v) is 31.3. The molecule has 0 unspecified atom stereocenters. The smallest absolute Gasteiger partial charge is 0.269 e. The molecule has 4 aliphatic rings. The summed E-state index contributed by atoms with van der Waals surface area (Å²) in [6.07, 6.45) is -20.8. The number of amides is 8. The summed E-state index contributed by atoms with van der Waals surface area (Å²) in [7, 11) is 0. The standard InChI is InChI=1S/C41H16F12N4O8/c42-38(43,44)19-9-21(54-29(58)5-6-30(54)59)15-23(11-19)56-33(62)25-3-1-17(13-27(25)35(56)64)37(40(48,49)50,41(51,52)53)18-2-4-26-28(14-18)36(65)57(34(26)63)24-12-20(39(45,46)47)10-22(16-24)55-31(60)7-8-32(55)61/h1-16H. The predicted molar refractivity (Wildman–Crippen MR) is 194 cm³/mol. The first-order valence-corrected chi connectivity index (χ1v) is 17.8. The molecule has 0 saturated carbocycles. The predicted octanol–water partition coefficient (Wildman–Crippen LogP) is 7.59. The minimum absolute atomic E-state index is 0.0189. The Morgan fingerprint density at radius 1 is 0.308 bits per heavy atom. The van der Waals surface area contributed by atoms with Crippen molar-refractivity contribution in [2.75, 3.05) is 19.6 Å². The molecule has 4 heterocycles. The van der Waals surface area contributed by atoms with Crippen molar-refractivity contribution in [2.24, 2.45) is 0 Å². The van der Waals surface area contributed by atoms with Gasteiger partial charge in [0, 0.05) is 24.3 Å². The fraction of sp³-hybridized carbons (Fsp3) is 0.122. The number of alkyl halides is 12. The molecule has 4 aromatic carbocycles. The number of nitrogens with zero attached hydrogens (tertiary/aromatic N) is 4. The average Bonchev–Trinajstić information content (AvgIpc) is 3.88. The van der Waals surface area contributed by atoms with Crippen LogP contribution in [0.3, 0.4) is 0 Å². The summed E-state index contributed by atoms with van der Waals surface area (Å²) >= 11 is 0. The molecule has 0 radical (unpaired) electrons. The van der Waals surface area contributed by atoms with Crippen LogP contribution in [-0.2, 0) is 36.9 Å². The molecule has 0 N–H and O–H groups in total. The quantitative estimate of drug-likeness (QED) is 0.142. The highest BCUT2D eigenvalue weighted by Crippen LogP contribution is 2.57. The van der Waals surface area contributed by atoms with Crippen LogP contribution in [-0.4, -0.2) is 59.6 Å². The Bertz CT molecular complexity index is 2750. The van der Waals surface area contributed by atoms with Gasteiger partial charge in [-0.1, -0.05) is 12.1 Å². The van der Waals surface area contributed by atoms with Crippen LogP contribution in [0.25, 0.3) is 0 Å². The van der Waals surface area contributed by atoms with Gasteiger partial charge in [-0.3, -0.25) is 38.4 Å². The lowest BCUT2D eigenvalue weighted by Gasteiger charge is -2.38. The van der Waals surface area contributed by atoms with E-state index in [1.54, 1.807) is 0 Å². The lowest BCUT2D eigenvalue weighted by molar-refractivity contribution is -0.288. The molecule has 8 rings (SSSR count). The summed E-state index contributed by atoms with van der Waals surface area (Å²) in [5.74, 6) is -11.2. The van der Waals surface area contributed by atoms with Crippen molar-refractivity contribution in [3.63, 3.8) is 0 Å². The molecule has 0 bridgehead atoms. The maximum atomic E-state index is 15.4. The molecule has 332 valence electrons. The van der Waals surface area contributed by atoms with Gasteiger partial charge in [-0.2, -0.15) is 52.7 Å². The van der Waals surface area contributed by atoms with Gasteiger partial charge in [0.1, 0.15) is 0 Å². The number of fused-ring (bicyclic) bond motifs is 2. The maximum Gasteiger partial charge on any atom is 0.416 e. The van der Waals surface area contributed by atoms with Crippen molar-refractivity contribution in [1.29, 1.82) is 0 Å². The van der Waals surface area contributed by atoms with Crippen LogP contribution in [0.2, 0.25) is 0 Å². The van der Waals surface area contributed by atoms with Crippen LogP contribution in [0.5, 0.6) is 0 Å². The Hall–Kier alpha value is -7.92. The summed E-state index contributed by atoms with van der Waals surface area (Å²) in [5.41, 5.74) is -20.2. The number of carbonyl (C=O) groups is 8. The van der Waals surface area contributed by atoms with Crippen molar-refractivity contribution < 1.29 is 91.0 Å². The maximum absolute atomic E-state index is 15.4. The second kappa shape index (κ2) is 14.0. The topological polar surface area (TPSA) is 150 Å². The average molecular weight is 921 g/mol. The minimum Gasteiger partial charge on any atom is -0.269 e. The van der Waals surface area contributed by atoms with E-state index in [9.17, 15) is 64.7 Å². The second-order valence-electron chi connectivity index (χ2n) is 14.3. The van der Waals surface area contributed by atoms with E-state index < -0.39 is 145 Å². The van der Waals surface area contributed by atoms with Crippen LogP contribution in [0.1, 0.15) is 63.7 Å². The van der Waals surface area contributed by atoms with Gasteiger partial charge in [-0.05, 0) is 71.8 Å². The second-order valence-corrected chi connectivity index (χ2v) is 14.3. The monoisotopic (exact) mass is 920 g/mol. The van der Waals surface area contributed by atoms with Crippen molar-refractivity contribution in [2.45, 2.75) is 30.1 Å². The Kier molecular flexibility index (Phi) is 9.44. The lowest BCUT2D eigenvalue weighted by atomic mass is 9.71. The first-order valence-electron chi connectivity index (χ1n) is 17.8. The van der Waals surface area contributed by atoms with Crippen molar-refractivity contribution in [3.05, 3.63) is 142 Å². The van der Waals surface area contributed by atoms with Crippen molar-refractivity contribution >= 4 is 70.0 Å². The van der Waals surface area contributed by atoms with Gasteiger partial charge >= 0.3 is 24.7 Å². The number of rotatable bonds is 6. The molecule has 8 amide bonds.